The van der Waals surface area contributed by atoms with Gasteiger partial charge in [0.25, 0.3) is 0 Å². The molecule has 1 heterocycles. The van der Waals surface area contributed by atoms with Gasteiger partial charge >= 0.3 is 5.97 Å². The van der Waals surface area contributed by atoms with E-state index in [1.807, 2.05) is 12.1 Å². The van der Waals surface area contributed by atoms with E-state index in [1.54, 1.807) is 0 Å². The largest absolute Gasteiger partial charge is 0.455 e. The van der Waals surface area contributed by atoms with Crippen molar-refractivity contribution in [2.24, 2.45) is 0 Å². The lowest BCUT2D eigenvalue weighted by Crippen LogP contribution is -1.90. The Morgan fingerprint density at radius 2 is 1.32 bits per heavy atom. The summed E-state index contributed by atoms with van der Waals surface area (Å²) in [5.41, 5.74) is 2.55. The Hall–Kier alpha value is -2.42. The second-order valence-electron chi connectivity index (χ2n) is 3.93. The molecular formula is C16H13FO2. The number of esters is 1. The Bertz CT molecular complexity index is 524. The lowest BCUT2D eigenvalue weighted by Gasteiger charge is -1.98. The standard InChI is InChI=1S/C12H10.C4H3FO2/c1-3-7-11(8-4-1)12-9-5-2-6-10-12;5-3-1-4(6)7-2-3/h1-10H;1H,2H2. The normalized spacial score (nSPS) is 13.1. The first-order chi connectivity index (χ1) is 9.25. The van der Waals surface area contributed by atoms with Crippen LogP contribution in [0.4, 0.5) is 4.39 Å². The summed E-state index contributed by atoms with van der Waals surface area (Å²) in [4.78, 5) is 9.91. The smallest absolute Gasteiger partial charge is 0.333 e. The van der Waals surface area contributed by atoms with Gasteiger partial charge in [0.2, 0.25) is 0 Å². The summed E-state index contributed by atoms with van der Waals surface area (Å²) in [7, 11) is 0. The zero-order valence-electron chi connectivity index (χ0n) is 10.3. The maximum Gasteiger partial charge on any atom is 0.333 e. The van der Waals surface area contributed by atoms with Crippen LogP contribution >= 0.6 is 0 Å². The third-order valence-electron chi connectivity index (χ3n) is 2.51. The molecule has 0 spiro atoms. The van der Waals surface area contributed by atoms with Crippen molar-refractivity contribution in [3.63, 3.8) is 0 Å². The Morgan fingerprint density at radius 1 is 0.842 bits per heavy atom. The average molecular weight is 256 g/mol. The number of halogens is 1. The lowest BCUT2D eigenvalue weighted by atomic mass is 10.1. The van der Waals surface area contributed by atoms with Gasteiger partial charge in [0.1, 0.15) is 12.4 Å². The van der Waals surface area contributed by atoms with Gasteiger partial charge in [-0.15, -0.1) is 0 Å². The Morgan fingerprint density at radius 3 is 1.58 bits per heavy atom. The van der Waals surface area contributed by atoms with Gasteiger partial charge in [0, 0.05) is 0 Å². The molecule has 0 amide bonds. The minimum absolute atomic E-state index is 0.182. The maximum absolute atomic E-state index is 11.7. The highest BCUT2D eigenvalue weighted by atomic mass is 19.1. The molecule has 0 fully saturated rings. The van der Waals surface area contributed by atoms with Crippen LogP contribution in [0.1, 0.15) is 0 Å². The van der Waals surface area contributed by atoms with Crippen LogP contribution in [-0.4, -0.2) is 12.6 Å². The summed E-state index contributed by atoms with van der Waals surface area (Å²) in [5.74, 6) is -1.08. The molecule has 0 aliphatic carbocycles. The number of hydrogen-bond acceptors (Lipinski definition) is 2. The second-order valence-corrected chi connectivity index (χ2v) is 3.93. The van der Waals surface area contributed by atoms with E-state index in [1.165, 1.54) is 11.1 Å². The molecule has 0 saturated heterocycles. The number of cyclic esters (lactones) is 1. The molecular weight excluding hydrogens is 243 g/mol. The van der Waals surface area contributed by atoms with E-state index in [0.29, 0.717) is 0 Å². The molecule has 0 unspecified atom stereocenters. The minimum Gasteiger partial charge on any atom is -0.455 e. The van der Waals surface area contributed by atoms with Crippen molar-refractivity contribution in [3.8, 4) is 11.1 Å². The van der Waals surface area contributed by atoms with E-state index in [4.69, 9.17) is 0 Å². The fourth-order valence-electron chi connectivity index (χ4n) is 1.61. The zero-order chi connectivity index (χ0) is 13.5. The summed E-state index contributed by atoms with van der Waals surface area (Å²) < 4.78 is 15.8. The van der Waals surface area contributed by atoms with E-state index in [2.05, 4.69) is 53.3 Å². The van der Waals surface area contributed by atoms with E-state index < -0.39 is 11.8 Å². The van der Waals surface area contributed by atoms with E-state index in [9.17, 15) is 9.18 Å². The van der Waals surface area contributed by atoms with Crippen LogP contribution in [0.25, 0.3) is 11.1 Å². The average Bonchev–Trinajstić information content (AvgIpc) is 2.85. The van der Waals surface area contributed by atoms with Gasteiger partial charge in [0.15, 0.2) is 0 Å². The molecule has 1 aliphatic rings. The molecule has 96 valence electrons. The highest BCUT2D eigenvalue weighted by Gasteiger charge is 2.10. The molecule has 1 aliphatic heterocycles. The van der Waals surface area contributed by atoms with Crippen LogP contribution < -0.4 is 0 Å². The molecule has 19 heavy (non-hydrogen) atoms. The van der Waals surface area contributed by atoms with Crippen molar-refractivity contribution >= 4 is 5.97 Å². The molecule has 0 bridgehead atoms. The van der Waals surface area contributed by atoms with E-state index in [-0.39, 0.29) is 6.61 Å². The highest BCUT2D eigenvalue weighted by molar-refractivity contribution is 5.84. The molecule has 2 aromatic rings. The number of hydrogen-bond donors (Lipinski definition) is 0. The molecule has 2 aromatic carbocycles. The minimum atomic E-state index is -0.586. The summed E-state index contributed by atoms with van der Waals surface area (Å²) in [6, 6.07) is 20.8. The molecule has 0 N–H and O–H groups in total. The predicted molar refractivity (Wildman–Crippen MR) is 72.0 cm³/mol. The van der Waals surface area contributed by atoms with Crippen molar-refractivity contribution in [2.45, 2.75) is 0 Å². The van der Waals surface area contributed by atoms with Crippen molar-refractivity contribution < 1.29 is 13.9 Å². The summed E-state index contributed by atoms with van der Waals surface area (Å²) >= 11 is 0. The molecule has 0 saturated carbocycles. The van der Waals surface area contributed by atoms with Gasteiger partial charge < -0.3 is 4.74 Å². The van der Waals surface area contributed by atoms with Crippen LogP contribution in [0.5, 0.6) is 0 Å². The topological polar surface area (TPSA) is 26.3 Å². The monoisotopic (exact) mass is 256 g/mol. The molecule has 0 radical (unpaired) electrons. The van der Waals surface area contributed by atoms with Crippen molar-refractivity contribution in [3.05, 3.63) is 72.6 Å². The molecule has 3 rings (SSSR count). The zero-order valence-corrected chi connectivity index (χ0v) is 10.3. The van der Waals surface area contributed by atoms with E-state index in [0.717, 1.165) is 6.08 Å². The Kier molecular flexibility index (Phi) is 4.45. The highest BCUT2D eigenvalue weighted by Crippen LogP contribution is 2.17. The van der Waals surface area contributed by atoms with Crippen molar-refractivity contribution in [1.29, 1.82) is 0 Å². The van der Waals surface area contributed by atoms with Crippen LogP contribution in [0, 0.1) is 0 Å². The van der Waals surface area contributed by atoms with Gasteiger partial charge in [-0.25, -0.2) is 9.18 Å². The number of benzene rings is 2. The van der Waals surface area contributed by atoms with Crippen LogP contribution in [0.3, 0.4) is 0 Å². The summed E-state index contributed by atoms with van der Waals surface area (Å²) in [6.45, 7) is -0.182. The van der Waals surface area contributed by atoms with Gasteiger partial charge in [-0.1, -0.05) is 60.7 Å². The van der Waals surface area contributed by atoms with Gasteiger partial charge in [-0.05, 0) is 11.1 Å². The first kappa shape index (κ1) is 13.0. The predicted octanol–water partition coefficient (Wildman–Crippen LogP) is 3.75. The van der Waals surface area contributed by atoms with Crippen molar-refractivity contribution in [2.75, 3.05) is 6.61 Å². The SMILES string of the molecule is O=C1C=C(F)CO1.c1ccc(-c2ccccc2)cc1. The first-order valence-corrected chi connectivity index (χ1v) is 5.89. The van der Waals surface area contributed by atoms with Crippen molar-refractivity contribution in [1.82, 2.24) is 0 Å². The second kappa shape index (κ2) is 6.50. The molecule has 0 atom stereocenters. The van der Waals surface area contributed by atoms with Crippen LogP contribution in [0.15, 0.2) is 72.6 Å². The first-order valence-electron chi connectivity index (χ1n) is 5.89. The van der Waals surface area contributed by atoms with Gasteiger partial charge in [-0.3, -0.25) is 0 Å². The quantitative estimate of drug-likeness (QED) is 0.726. The molecule has 0 aromatic heterocycles. The van der Waals surface area contributed by atoms with Gasteiger partial charge in [0.05, 0.1) is 6.08 Å². The maximum atomic E-state index is 11.7. The summed E-state index contributed by atoms with van der Waals surface area (Å²) in [6.07, 6.45) is 0.833. The fourth-order valence-corrected chi connectivity index (χ4v) is 1.61. The Balaban J connectivity index is 0.000000163. The number of carbonyl (C=O) groups excluding carboxylic acids is 1. The Labute approximate surface area is 111 Å². The molecule has 2 nitrogen and oxygen atoms in total. The van der Waals surface area contributed by atoms with Gasteiger partial charge in [-0.2, -0.15) is 0 Å². The lowest BCUT2D eigenvalue weighted by molar-refractivity contribution is -0.135. The number of rotatable bonds is 1. The summed E-state index contributed by atoms with van der Waals surface area (Å²) in [5, 5.41) is 0. The van der Waals surface area contributed by atoms with E-state index >= 15 is 0 Å². The molecule has 3 heteroatoms. The third-order valence-corrected chi connectivity index (χ3v) is 2.51. The van der Waals surface area contributed by atoms with Crippen LogP contribution in [-0.2, 0) is 9.53 Å². The number of carbonyl (C=O) groups is 1. The van der Waals surface area contributed by atoms with Crippen LogP contribution in [0.2, 0.25) is 0 Å². The number of ether oxygens (including phenoxy) is 1. The third kappa shape index (κ3) is 4.07. The fraction of sp³-hybridized carbons (Fsp3) is 0.0625.